The van der Waals surface area contributed by atoms with Gasteiger partial charge in [-0.3, -0.25) is 23.6 Å². The third-order valence-electron chi connectivity index (χ3n) is 4.88. The first-order chi connectivity index (χ1) is 13.2. The molecule has 0 saturated carbocycles. The molecule has 1 aliphatic heterocycles. The van der Waals surface area contributed by atoms with Crippen LogP contribution in [0.4, 0.5) is 0 Å². The summed E-state index contributed by atoms with van der Waals surface area (Å²) in [7, 11) is 2.98. The van der Waals surface area contributed by atoms with Crippen LogP contribution in [0.5, 0.6) is 0 Å². The van der Waals surface area contributed by atoms with Crippen LogP contribution in [-0.4, -0.2) is 61.5 Å². The third kappa shape index (κ3) is 3.74. The molecule has 2 aromatic rings. The summed E-state index contributed by atoms with van der Waals surface area (Å²) < 4.78 is 14.8. The van der Waals surface area contributed by atoms with E-state index in [0.29, 0.717) is 25.5 Å². The van der Waals surface area contributed by atoms with Gasteiger partial charge in [-0.15, -0.1) is 0 Å². The fraction of sp³-hybridized carbons (Fsp3) is 0.667. The SMILES string of the molecule is CCOC(=O)Cn1c(CN2C[C@H](C)O[C@@H](C)C2)nc2c1c(=O)n(C)c(=O)n2C. The maximum absolute atomic E-state index is 12.8. The Balaban J connectivity index is 2.11. The van der Waals surface area contributed by atoms with Crippen molar-refractivity contribution in [2.24, 2.45) is 14.1 Å². The van der Waals surface area contributed by atoms with Crippen molar-refractivity contribution in [1.82, 2.24) is 23.6 Å². The molecular formula is C18H27N5O5. The van der Waals surface area contributed by atoms with Crippen LogP contribution in [-0.2, 0) is 41.5 Å². The van der Waals surface area contributed by atoms with Crippen LogP contribution in [0.2, 0.25) is 0 Å². The lowest BCUT2D eigenvalue weighted by Crippen LogP contribution is -2.45. The van der Waals surface area contributed by atoms with E-state index in [1.807, 2.05) is 13.8 Å². The van der Waals surface area contributed by atoms with Gasteiger partial charge in [-0.05, 0) is 20.8 Å². The van der Waals surface area contributed by atoms with Crippen molar-refractivity contribution < 1.29 is 14.3 Å². The highest BCUT2D eigenvalue weighted by molar-refractivity contribution is 5.76. The number of fused-ring (bicyclic) bond motifs is 1. The minimum atomic E-state index is -0.482. The Hall–Kier alpha value is -2.46. The molecule has 0 aromatic carbocycles. The van der Waals surface area contributed by atoms with E-state index >= 15 is 0 Å². The van der Waals surface area contributed by atoms with Crippen molar-refractivity contribution in [2.45, 2.75) is 46.1 Å². The van der Waals surface area contributed by atoms with Gasteiger partial charge in [0.2, 0.25) is 0 Å². The van der Waals surface area contributed by atoms with Crippen LogP contribution in [0.25, 0.3) is 11.2 Å². The first kappa shape index (κ1) is 20.3. The van der Waals surface area contributed by atoms with Crippen molar-refractivity contribution in [3.63, 3.8) is 0 Å². The molecule has 0 spiro atoms. The number of nitrogens with zero attached hydrogens (tertiary/aromatic N) is 5. The average molecular weight is 393 g/mol. The Morgan fingerprint density at radius 2 is 1.82 bits per heavy atom. The van der Waals surface area contributed by atoms with Gasteiger partial charge in [0.15, 0.2) is 11.2 Å². The fourth-order valence-electron chi connectivity index (χ4n) is 3.73. The van der Waals surface area contributed by atoms with Gasteiger partial charge in [-0.1, -0.05) is 0 Å². The largest absolute Gasteiger partial charge is 0.465 e. The van der Waals surface area contributed by atoms with Crippen molar-refractivity contribution in [1.29, 1.82) is 0 Å². The van der Waals surface area contributed by atoms with Crippen molar-refractivity contribution in [3.8, 4) is 0 Å². The molecule has 0 amide bonds. The number of carbonyl (C=O) groups excluding carboxylic acids is 1. The van der Waals surface area contributed by atoms with Crippen molar-refractivity contribution in [3.05, 3.63) is 26.7 Å². The molecule has 3 heterocycles. The molecule has 0 aliphatic carbocycles. The first-order valence-electron chi connectivity index (χ1n) is 9.41. The van der Waals surface area contributed by atoms with Crippen molar-refractivity contribution in [2.75, 3.05) is 19.7 Å². The van der Waals surface area contributed by atoms with Gasteiger partial charge in [0.05, 0.1) is 25.4 Å². The molecule has 3 rings (SSSR count). The summed E-state index contributed by atoms with van der Waals surface area (Å²) in [6.07, 6.45) is 0.146. The van der Waals surface area contributed by atoms with Gasteiger partial charge in [-0.2, -0.15) is 0 Å². The third-order valence-corrected chi connectivity index (χ3v) is 4.88. The molecule has 1 aliphatic rings. The minimum absolute atomic E-state index is 0.0730. The van der Waals surface area contributed by atoms with E-state index in [1.54, 1.807) is 18.5 Å². The molecule has 0 bridgehead atoms. The number of carbonyl (C=O) groups is 1. The van der Waals surface area contributed by atoms with E-state index in [4.69, 9.17) is 9.47 Å². The smallest absolute Gasteiger partial charge is 0.332 e. The van der Waals surface area contributed by atoms with Gasteiger partial charge in [0.1, 0.15) is 12.4 Å². The number of aryl methyl sites for hydroxylation is 1. The summed E-state index contributed by atoms with van der Waals surface area (Å²) in [4.78, 5) is 44.0. The Morgan fingerprint density at radius 1 is 1.18 bits per heavy atom. The molecule has 0 unspecified atom stereocenters. The maximum Gasteiger partial charge on any atom is 0.332 e. The molecule has 0 N–H and O–H groups in total. The number of hydrogen-bond donors (Lipinski definition) is 0. The molecule has 2 atom stereocenters. The second-order valence-electron chi connectivity index (χ2n) is 7.25. The zero-order valence-electron chi connectivity index (χ0n) is 17.0. The molecule has 1 fully saturated rings. The number of morpholine rings is 1. The lowest BCUT2D eigenvalue weighted by atomic mass is 10.2. The topological polar surface area (TPSA) is 101 Å². The number of hydrogen-bond acceptors (Lipinski definition) is 7. The van der Waals surface area contributed by atoms with E-state index < -0.39 is 17.2 Å². The quantitative estimate of drug-likeness (QED) is 0.638. The highest BCUT2D eigenvalue weighted by Crippen LogP contribution is 2.17. The standard InChI is InChI=1S/C18H27N5O5/c1-6-27-14(24)10-23-13(9-22-7-11(2)28-12(3)8-22)19-16-15(23)17(25)21(5)18(26)20(16)4/h11-12H,6-10H2,1-5H3/t11-,12-/m0/s1. The van der Waals surface area contributed by atoms with Crippen molar-refractivity contribution >= 4 is 17.1 Å². The van der Waals surface area contributed by atoms with Gasteiger partial charge in [-0.25, -0.2) is 9.78 Å². The lowest BCUT2D eigenvalue weighted by molar-refractivity contribution is -0.143. The fourth-order valence-corrected chi connectivity index (χ4v) is 3.73. The Kier molecular flexibility index (Phi) is 5.71. The Morgan fingerprint density at radius 3 is 2.43 bits per heavy atom. The van der Waals surface area contributed by atoms with Crippen LogP contribution < -0.4 is 11.2 Å². The van der Waals surface area contributed by atoms with Crippen LogP contribution in [0.1, 0.15) is 26.6 Å². The van der Waals surface area contributed by atoms with Gasteiger partial charge in [0.25, 0.3) is 5.56 Å². The van der Waals surface area contributed by atoms with E-state index in [2.05, 4.69) is 9.88 Å². The maximum atomic E-state index is 12.8. The van der Waals surface area contributed by atoms with Crippen LogP contribution in [0, 0.1) is 0 Å². The number of rotatable bonds is 5. The van der Waals surface area contributed by atoms with Crippen LogP contribution >= 0.6 is 0 Å². The van der Waals surface area contributed by atoms with Gasteiger partial charge < -0.3 is 14.0 Å². The molecule has 2 aromatic heterocycles. The zero-order valence-corrected chi connectivity index (χ0v) is 17.0. The normalized spacial score (nSPS) is 20.6. The second-order valence-corrected chi connectivity index (χ2v) is 7.25. The summed E-state index contributed by atoms with van der Waals surface area (Å²) in [6, 6.07) is 0. The molecule has 154 valence electrons. The Bertz CT molecular complexity index is 994. The number of ether oxygens (including phenoxy) is 2. The number of esters is 1. The first-order valence-corrected chi connectivity index (χ1v) is 9.41. The van der Waals surface area contributed by atoms with Gasteiger partial charge >= 0.3 is 11.7 Å². The predicted molar refractivity (Wildman–Crippen MR) is 102 cm³/mol. The predicted octanol–water partition coefficient (Wildman–Crippen LogP) is -0.394. The zero-order chi connectivity index (χ0) is 20.6. The molecule has 10 heteroatoms. The second kappa shape index (κ2) is 7.88. The average Bonchev–Trinajstić information content (AvgIpc) is 2.95. The highest BCUT2D eigenvalue weighted by Gasteiger charge is 2.26. The lowest BCUT2D eigenvalue weighted by Gasteiger charge is -2.35. The van der Waals surface area contributed by atoms with E-state index in [9.17, 15) is 14.4 Å². The Labute approximate surface area is 162 Å². The summed E-state index contributed by atoms with van der Waals surface area (Å²) in [5, 5.41) is 0. The van der Waals surface area contributed by atoms with Crippen LogP contribution in [0.3, 0.4) is 0 Å². The molecule has 0 radical (unpaired) electrons. The molecule has 10 nitrogen and oxygen atoms in total. The van der Waals surface area contributed by atoms with E-state index in [0.717, 1.165) is 4.57 Å². The van der Waals surface area contributed by atoms with E-state index in [1.165, 1.54) is 11.6 Å². The van der Waals surface area contributed by atoms with Crippen LogP contribution in [0.15, 0.2) is 9.59 Å². The summed E-state index contributed by atoms with van der Waals surface area (Å²) in [5.74, 6) is 0.0883. The number of imidazole rings is 1. The monoisotopic (exact) mass is 393 g/mol. The van der Waals surface area contributed by atoms with E-state index in [-0.39, 0.29) is 36.5 Å². The summed E-state index contributed by atoms with van der Waals surface area (Å²) >= 11 is 0. The number of aromatic nitrogens is 4. The summed E-state index contributed by atoms with van der Waals surface area (Å²) in [6.45, 7) is 7.70. The van der Waals surface area contributed by atoms with Gasteiger partial charge in [0, 0.05) is 27.2 Å². The molecular weight excluding hydrogens is 366 g/mol. The molecule has 28 heavy (non-hydrogen) atoms. The minimum Gasteiger partial charge on any atom is -0.465 e. The summed E-state index contributed by atoms with van der Waals surface area (Å²) in [5.41, 5.74) is -0.452. The molecule has 1 saturated heterocycles. The highest BCUT2D eigenvalue weighted by atomic mass is 16.5.